The number of likely N-dealkylation sites (tertiary alicyclic amines) is 1. The van der Waals surface area contributed by atoms with Crippen LogP contribution in [0.25, 0.3) is 16.6 Å². The SMILES string of the molecule is C[C@H]1CCC[C@H](C)N1C(=O)CSc1nc2ccccc2c(=O)n1-c1cccc(C(F)(F)F)c1. The molecule has 0 unspecified atom stereocenters. The second kappa shape index (κ2) is 9.21. The van der Waals surface area contributed by atoms with Crippen LogP contribution in [-0.2, 0) is 11.0 Å². The first-order chi connectivity index (χ1) is 15.7. The van der Waals surface area contributed by atoms with Crippen molar-refractivity contribution >= 4 is 28.6 Å². The third-order valence-electron chi connectivity index (χ3n) is 5.98. The summed E-state index contributed by atoms with van der Waals surface area (Å²) in [6, 6.07) is 11.5. The van der Waals surface area contributed by atoms with Gasteiger partial charge in [-0.15, -0.1) is 0 Å². The van der Waals surface area contributed by atoms with Crippen LogP contribution in [0.5, 0.6) is 0 Å². The molecule has 0 spiro atoms. The van der Waals surface area contributed by atoms with Crippen molar-refractivity contribution in [2.24, 2.45) is 0 Å². The predicted molar refractivity (Wildman–Crippen MR) is 123 cm³/mol. The highest BCUT2D eigenvalue weighted by Crippen LogP contribution is 2.31. The summed E-state index contributed by atoms with van der Waals surface area (Å²) in [5.41, 5.74) is -0.847. The summed E-state index contributed by atoms with van der Waals surface area (Å²) < 4.78 is 41.1. The van der Waals surface area contributed by atoms with Crippen LogP contribution < -0.4 is 5.56 Å². The summed E-state index contributed by atoms with van der Waals surface area (Å²) in [4.78, 5) is 32.7. The van der Waals surface area contributed by atoms with E-state index in [0.717, 1.165) is 43.2 Å². The van der Waals surface area contributed by atoms with Gasteiger partial charge in [0.25, 0.3) is 5.56 Å². The van der Waals surface area contributed by atoms with Gasteiger partial charge in [0.15, 0.2) is 5.16 Å². The molecule has 5 nitrogen and oxygen atoms in total. The summed E-state index contributed by atoms with van der Waals surface area (Å²) in [5.74, 6) is -0.0315. The fourth-order valence-electron chi connectivity index (χ4n) is 4.37. The third kappa shape index (κ3) is 4.78. The summed E-state index contributed by atoms with van der Waals surface area (Å²) in [6.07, 6.45) is -1.61. The zero-order valence-corrected chi connectivity index (χ0v) is 19.1. The van der Waals surface area contributed by atoms with Crippen LogP contribution in [0, 0.1) is 0 Å². The Hall–Kier alpha value is -2.81. The highest BCUT2D eigenvalue weighted by Gasteiger charge is 2.31. The standard InChI is InChI=1S/C24H24F3N3O2S/c1-15-7-5-8-16(2)29(15)21(31)14-33-23-28-20-12-4-3-11-19(20)22(32)30(23)18-10-6-9-17(13-18)24(25,26)27/h3-4,6,9-13,15-16H,5,7-8,14H2,1-2H3/t15-,16-/m0/s1. The van der Waals surface area contributed by atoms with Crippen molar-refractivity contribution < 1.29 is 18.0 Å². The van der Waals surface area contributed by atoms with E-state index in [1.54, 1.807) is 24.3 Å². The Morgan fingerprint density at radius 3 is 2.48 bits per heavy atom. The fraction of sp³-hybridized carbons (Fsp3) is 0.375. The largest absolute Gasteiger partial charge is 0.416 e. The predicted octanol–water partition coefficient (Wildman–Crippen LogP) is 5.29. The molecule has 1 aliphatic heterocycles. The van der Waals surface area contributed by atoms with E-state index in [2.05, 4.69) is 4.98 Å². The van der Waals surface area contributed by atoms with Gasteiger partial charge in [0.1, 0.15) is 0 Å². The van der Waals surface area contributed by atoms with Gasteiger partial charge in [0.2, 0.25) is 5.91 Å². The van der Waals surface area contributed by atoms with Crippen molar-refractivity contribution in [2.75, 3.05) is 5.75 Å². The third-order valence-corrected chi connectivity index (χ3v) is 6.91. The number of hydrogen-bond acceptors (Lipinski definition) is 4. The average Bonchev–Trinajstić information content (AvgIpc) is 2.77. The van der Waals surface area contributed by atoms with Crippen molar-refractivity contribution in [3.05, 3.63) is 64.4 Å². The number of piperidine rings is 1. The van der Waals surface area contributed by atoms with Crippen molar-refractivity contribution in [2.45, 2.75) is 56.5 Å². The molecule has 2 aromatic carbocycles. The Balaban J connectivity index is 1.75. The van der Waals surface area contributed by atoms with Gasteiger partial charge < -0.3 is 4.90 Å². The Kier molecular flexibility index (Phi) is 6.52. The van der Waals surface area contributed by atoms with Crippen molar-refractivity contribution in [1.82, 2.24) is 14.5 Å². The van der Waals surface area contributed by atoms with Gasteiger partial charge in [-0.25, -0.2) is 4.98 Å². The molecule has 0 aliphatic carbocycles. The molecule has 33 heavy (non-hydrogen) atoms. The normalized spacial score (nSPS) is 19.1. The lowest BCUT2D eigenvalue weighted by Gasteiger charge is -2.39. The topological polar surface area (TPSA) is 55.2 Å². The van der Waals surface area contributed by atoms with Crippen LogP contribution in [0.2, 0.25) is 0 Å². The maximum absolute atomic E-state index is 13.3. The van der Waals surface area contributed by atoms with Gasteiger partial charge in [0.05, 0.1) is 27.9 Å². The molecule has 0 N–H and O–H groups in total. The smallest absolute Gasteiger partial charge is 0.337 e. The molecular weight excluding hydrogens is 451 g/mol. The molecule has 2 heterocycles. The van der Waals surface area contributed by atoms with Crippen LogP contribution in [-0.4, -0.2) is 38.2 Å². The number of aromatic nitrogens is 2. The quantitative estimate of drug-likeness (QED) is 0.380. The van der Waals surface area contributed by atoms with E-state index in [4.69, 9.17) is 0 Å². The van der Waals surface area contributed by atoms with Crippen molar-refractivity contribution in [3.8, 4) is 5.69 Å². The molecule has 3 aromatic rings. The first-order valence-corrected chi connectivity index (χ1v) is 11.8. The number of thioether (sulfide) groups is 1. The summed E-state index contributed by atoms with van der Waals surface area (Å²) in [7, 11) is 0. The monoisotopic (exact) mass is 475 g/mol. The lowest BCUT2D eigenvalue weighted by Crippen LogP contribution is -2.48. The molecule has 4 rings (SSSR count). The van der Waals surface area contributed by atoms with Crippen LogP contribution in [0.3, 0.4) is 0 Å². The van der Waals surface area contributed by atoms with E-state index in [9.17, 15) is 22.8 Å². The molecule has 2 atom stereocenters. The van der Waals surface area contributed by atoms with Gasteiger partial charge >= 0.3 is 6.18 Å². The second-order valence-corrected chi connectivity index (χ2v) is 9.26. The number of halogens is 3. The molecule has 0 radical (unpaired) electrons. The fourth-order valence-corrected chi connectivity index (χ4v) is 5.25. The van der Waals surface area contributed by atoms with Gasteiger partial charge in [-0.05, 0) is 63.4 Å². The molecule has 1 aliphatic rings. The lowest BCUT2D eigenvalue weighted by molar-refractivity contribution is -0.137. The highest BCUT2D eigenvalue weighted by atomic mass is 32.2. The minimum absolute atomic E-state index is 0.0401. The maximum atomic E-state index is 13.3. The van der Waals surface area contributed by atoms with Crippen LogP contribution in [0.1, 0.15) is 38.7 Å². The number of fused-ring (bicyclic) bond motifs is 1. The Morgan fingerprint density at radius 1 is 1.09 bits per heavy atom. The average molecular weight is 476 g/mol. The van der Waals surface area contributed by atoms with Crippen LogP contribution in [0.15, 0.2) is 58.5 Å². The first kappa shape index (κ1) is 23.4. The zero-order chi connectivity index (χ0) is 23.8. The number of para-hydroxylation sites is 1. The Labute approximate surface area is 193 Å². The maximum Gasteiger partial charge on any atom is 0.416 e. The molecule has 1 saturated heterocycles. The summed E-state index contributed by atoms with van der Waals surface area (Å²) in [5, 5.41) is 0.479. The Bertz CT molecular complexity index is 1230. The lowest BCUT2D eigenvalue weighted by atomic mass is 9.98. The summed E-state index contributed by atoms with van der Waals surface area (Å²) >= 11 is 1.07. The van der Waals surface area contributed by atoms with Crippen molar-refractivity contribution in [3.63, 3.8) is 0 Å². The van der Waals surface area contributed by atoms with Gasteiger partial charge in [-0.3, -0.25) is 14.2 Å². The minimum Gasteiger partial charge on any atom is -0.337 e. The summed E-state index contributed by atoms with van der Waals surface area (Å²) in [6.45, 7) is 4.04. The van der Waals surface area contributed by atoms with E-state index >= 15 is 0 Å². The number of nitrogens with zero attached hydrogens (tertiary/aromatic N) is 3. The number of rotatable bonds is 4. The number of amides is 1. The zero-order valence-electron chi connectivity index (χ0n) is 18.3. The molecule has 1 amide bonds. The molecule has 0 bridgehead atoms. The number of benzene rings is 2. The van der Waals surface area contributed by atoms with Gasteiger partial charge in [-0.1, -0.05) is 30.0 Å². The molecule has 174 valence electrons. The molecule has 9 heteroatoms. The number of carbonyl (C=O) groups is 1. The van der Waals surface area contributed by atoms with E-state index < -0.39 is 17.3 Å². The Morgan fingerprint density at radius 2 is 1.79 bits per heavy atom. The molecule has 1 aromatic heterocycles. The van der Waals surface area contributed by atoms with E-state index in [1.165, 1.54) is 16.7 Å². The van der Waals surface area contributed by atoms with Crippen LogP contribution >= 0.6 is 11.8 Å². The number of alkyl halides is 3. The van der Waals surface area contributed by atoms with E-state index in [1.807, 2.05) is 18.7 Å². The first-order valence-electron chi connectivity index (χ1n) is 10.8. The van der Waals surface area contributed by atoms with Gasteiger partial charge in [0, 0.05) is 12.1 Å². The molecule has 0 saturated carbocycles. The van der Waals surface area contributed by atoms with E-state index in [0.29, 0.717) is 10.9 Å². The molecule has 1 fully saturated rings. The number of carbonyl (C=O) groups excluding carboxylic acids is 1. The number of hydrogen-bond donors (Lipinski definition) is 0. The highest BCUT2D eigenvalue weighted by molar-refractivity contribution is 7.99. The second-order valence-electron chi connectivity index (χ2n) is 8.32. The van der Waals surface area contributed by atoms with Crippen LogP contribution in [0.4, 0.5) is 13.2 Å². The van der Waals surface area contributed by atoms with Gasteiger partial charge in [-0.2, -0.15) is 13.2 Å². The minimum atomic E-state index is -4.55. The van der Waals surface area contributed by atoms with Crippen molar-refractivity contribution in [1.29, 1.82) is 0 Å². The van der Waals surface area contributed by atoms with E-state index in [-0.39, 0.29) is 34.6 Å². The molecular formula is C24H24F3N3O2S.